The van der Waals surface area contributed by atoms with E-state index in [2.05, 4.69) is 15.3 Å². The number of aromatic nitrogens is 2. The number of nitrogens with zero attached hydrogens (tertiary/aromatic N) is 3. The van der Waals surface area contributed by atoms with Crippen LogP contribution in [-0.4, -0.2) is 30.0 Å². The van der Waals surface area contributed by atoms with Crippen LogP contribution in [0.25, 0.3) is 0 Å². The van der Waals surface area contributed by atoms with Crippen molar-refractivity contribution in [1.29, 1.82) is 0 Å². The normalized spacial score (nSPS) is 23.9. The smallest absolute Gasteiger partial charge is 0.246 e. The molecule has 1 aliphatic carbocycles. The highest BCUT2D eigenvalue weighted by Crippen LogP contribution is 2.43. The summed E-state index contributed by atoms with van der Waals surface area (Å²) in [5.41, 5.74) is 9.27. The van der Waals surface area contributed by atoms with Gasteiger partial charge in [-0.05, 0) is 25.3 Å². The fraction of sp³-hybridized carbons (Fsp3) is 0.500. The molecule has 2 heterocycles. The molecule has 1 aromatic heterocycles. The van der Waals surface area contributed by atoms with Gasteiger partial charge in [0.2, 0.25) is 11.9 Å². The van der Waals surface area contributed by atoms with E-state index in [0.29, 0.717) is 5.95 Å². The van der Waals surface area contributed by atoms with Gasteiger partial charge in [0.25, 0.3) is 0 Å². The van der Waals surface area contributed by atoms with Crippen LogP contribution < -0.4 is 16.0 Å². The molecule has 0 spiro atoms. The number of fused-ring (bicyclic) bond motifs is 3. The molecule has 6 heteroatoms. The van der Waals surface area contributed by atoms with E-state index in [1.807, 2.05) is 32.1 Å². The first-order valence-corrected chi connectivity index (χ1v) is 6.79. The summed E-state index contributed by atoms with van der Waals surface area (Å²) < 4.78 is 0. The van der Waals surface area contributed by atoms with Crippen molar-refractivity contribution in [3.8, 4) is 0 Å². The third-order valence-electron chi connectivity index (χ3n) is 4.12. The van der Waals surface area contributed by atoms with Crippen LogP contribution in [0.15, 0.2) is 17.5 Å². The number of hydrogen-bond donors (Lipinski definition) is 2. The first kappa shape index (κ1) is 12.9. The Morgan fingerprint density at radius 2 is 2.25 bits per heavy atom. The average Bonchev–Trinajstić information content (AvgIpc) is 2.74. The summed E-state index contributed by atoms with van der Waals surface area (Å²) >= 11 is 0. The van der Waals surface area contributed by atoms with E-state index >= 15 is 0 Å². The molecule has 0 bridgehead atoms. The Morgan fingerprint density at radius 1 is 1.50 bits per heavy atom. The second kappa shape index (κ2) is 4.47. The van der Waals surface area contributed by atoms with E-state index in [1.165, 1.54) is 0 Å². The quantitative estimate of drug-likeness (QED) is 0.820. The Hall–Kier alpha value is -2.11. The Kier molecular flexibility index (Phi) is 2.88. The van der Waals surface area contributed by atoms with E-state index in [1.54, 1.807) is 0 Å². The Bertz CT molecular complexity index is 608. The van der Waals surface area contributed by atoms with Crippen LogP contribution in [-0.2, 0) is 11.2 Å². The second-order valence-corrected chi connectivity index (χ2v) is 5.65. The molecule has 3 N–H and O–H groups in total. The molecule has 6 nitrogen and oxygen atoms in total. The van der Waals surface area contributed by atoms with Gasteiger partial charge in [0.05, 0.1) is 11.7 Å². The number of aryl methyl sites for hydroxylation is 1. The maximum atomic E-state index is 11.6. The largest absolute Gasteiger partial charge is 0.379 e. The van der Waals surface area contributed by atoms with Crippen LogP contribution in [0.3, 0.4) is 0 Å². The van der Waals surface area contributed by atoms with E-state index in [-0.39, 0.29) is 17.9 Å². The maximum Gasteiger partial charge on any atom is 0.246 e. The summed E-state index contributed by atoms with van der Waals surface area (Å²) in [6.45, 7) is 1.91. The summed E-state index contributed by atoms with van der Waals surface area (Å²) in [7, 11) is 3.84. The lowest BCUT2D eigenvalue weighted by atomic mass is 9.80. The molecule has 0 fully saturated rings. The molecule has 1 amide bonds. The SMILES string of the molecule is CC1=C(C(N)=O)C2CCc3cnc(N(C)C)nc3C2N1. The molecule has 0 radical (unpaired) electrons. The predicted octanol–water partition coefficient (Wildman–Crippen LogP) is 0.509. The lowest BCUT2D eigenvalue weighted by Gasteiger charge is -2.29. The lowest BCUT2D eigenvalue weighted by Crippen LogP contribution is -2.30. The van der Waals surface area contributed by atoms with Crippen LogP contribution in [0.5, 0.6) is 0 Å². The summed E-state index contributed by atoms with van der Waals surface area (Å²) in [4.78, 5) is 22.5. The number of nitrogens with two attached hydrogens (primary N) is 1. The molecule has 1 aliphatic heterocycles. The van der Waals surface area contributed by atoms with Gasteiger partial charge in [-0.3, -0.25) is 4.79 Å². The Labute approximate surface area is 118 Å². The molecule has 2 unspecified atom stereocenters. The number of carbonyl (C=O) groups excluding carboxylic acids is 1. The Morgan fingerprint density at radius 3 is 2.90 bits per heavy atom. The second-order valence-electron chi connectivity index (χ2n) is 5.65. The van der Waals surface area contributed by atoms with Crippen molar-refractivity contribution in [2.75, 3.05) is 19.0 Å². The van der Waals surface area contributed by atoms with Gasteiger partial charge in [-0.15, -0.1) is 0 Å². The van der Waals surface area contributed by atoms with Crippen LogP contribution >= 0.6 is 0 Å². The number of amides is 1. The van der Waals surface area contributed by atoms with Crippen molar-refractivity contribution < 1.29 is 4.79 Å². The van der Waals surface area contributed by atoms with Gasteiger partial charge in [-0.25, -0.2) is 9.97 Å². The Balaban J connectivity index is 2.02. The minimum absolute atomic E-state index is 0.0444. The third kappa shape index (κ3) is 1.83. The molecule has 2 atom stereocenters. The molecule has 0 saturated heterocycles. The molecule has 3 rings (SSSR count). The molecule has 20 heavy (non-hydrogen) atoms. The van der Waals surface area contributed by atoms with Crippen molar-refractivity contribution >= 4 is 11.9 Å². The molecular formula is C14H19N5O. The fourth-order valence-corrected chi connectivity index (χ4v) is 3.19. The highest BCUT2D eigenvalue weighted by molar-refractivity contribution is 5.94. The van der Waals surface area contributed by atoms with Crippen molar-refractivity contribution in [2.45, 2.75) is 25.8 Å². The maximum absolute atomic E-state index is 11.6. The zero-order valence-corrected chi connectivity index (χ0v) is 12.0. The van der Waals surface area contributed by atoms with Gasteiger partial charge < -0.3 is 16.0 Å². The molecule has 106 valence electrons. The van der Waals surface area contributed by atoms with Crippen LogP contribution in [0.1, 0.15) is 30.6 Å². The van der Waals surface area contributed by atoms with Crippen molar-refractivity contribution in [3.05, 3.63) is 28.7 Å². The van der Waals surface area contributed by atoms with Crippen LogP contribution in [0.2, 0.25) is 0 Å². The van der Waals surface area contributed by atoms with Crippen molar-refractivity contribution in [3.63, 3.8) is 0 Å². The molecule has 1 aromatic rings. The number of rotatable bonds is 2. The van der Waals surface area contributed by atoms with E-state index in [4.69, 9.17) is 5.73 Å². The highest BCUT2D eigenvalue weighted by Gasteiger charge is 2.41. The van der Waals surface area contributed by atoms with Gasteiger partial charge in [0.1, 0.15) is 0 Å². The monoisotopic (exact) mass is 273 g/mol. The first-order valence-electron chi connectivity index (χ1n) is 6.79. The summed E-state index contributed by atoms with van der Waals surface area (Å²) in [6.07, 6.45) is 3.69. The van der Waals surface area contributed by atoms with Gasteiger partial charge in [-0.1, -0.05) is 0 Å². The standard InChI is InChI=1S/C14H19N5O/c1-7-10(13(15)20)9-5-4-8-6-16-14(19(2)3)18-11(8)12(9)17-7/h6,9,12,17H,4-5H2,1-3H3,(H2,15,20). The van der Waals surface area contributed by atoms with Gasteiger partial charge in [0.15, 0.2) is 0 Å². The van der Waals surface area contributed by atoms with E-state index < -0.39 is 0 Å². The lowest BCUT2D eigenvalue weighted by molar-refractivity contribution is -0.115. The van der Waals surface area contributed by atoms with Crippen molar-refractivity contribution in [2.24, 2.45) is 11.7 Å². The topological polar surface area (TPSA) is 84.1 Å². The molecule has 2 aliphatic rings. The average molecular weight is 273 g/mol. The minimum atomic E-state index is -0.326. The fourth-order valence-electron chi connectivity index (χ4n) is 3.19. The van der Waals surface area contributed by atoms with E-state index in [0.717, 1.165) is 35.4 Å². The molecule has 0 aromatic carbocycles. The number of allylic oxidation sites excluding steroid dienone is 1. The number of anilines is 1. The van der Waals surface area contributed by atoms with Crippen LogP contribution in [0.4, 0.5) is 5.95 Å². The minimum Gasteiger partial charge on any atom is -0.379 e. The summed E-state index contributed by atoms with van der Waals surface area (Å²) in [6, 6.07) is 0.0444. The number of hydrogen-bond acceptors (Lipinski definition) is 5. The summed E-state index contributed by atoms with van der Waals surface area (Å²) in [5, 5.41) is 3.38. The van der Waals surface area contributed by atoms with Crippen LogP contribution in [0, 0.1) is 5.92 Å². The number of carbonyl (C=O) groups is 1. The van der Waals surface area contributed by atoms with Gasteiger partial charge in [-0.2, -0.15) is 0 Å². The van der Waals surface area contributed by atoms with E-state index in [9.17, 15) is 4.79 Å². The van der Waals surface area contributed by atoms with Gasteiger partial charge in [0, 0.05) is 37.5 Å². The highest BCUT2D eigenvalue weighted by atomic mass is 16.1. The molecule has 0 saturated carbocycles. The van der Waals surface area contributed by atoms with Crippen molar-refractivity contribution in [1.82, 2.24) is 15.3 Å². The zero-order valence-electron chi connectivity index (χ0n) is 12.0. The number of primary amides is 1. The third-order valence-corrected chi connectivity index (χ3v) is 4.12. The number of nitrogens with one attached hydrogen (secondary N) is 1. The van der Waals surface area contributed by atoms with Gasteiger partial charge >= 0.3 is 0 Å². The molecular weight excluding hydrogens is 254 g/mol. The first-order chi connectivity index (χ1) is 9.49. The summed E-state index contributed by atoms with van der Waals surface area (Å²) in [5.74, 6) is 0.495. The zero-order chi connectivity index (χ0) is 14.4. The predicted molar refractivity (Wildman–Crippen MR) is 75.9 cm³/mol.